The molecule has 2 heterocycles. The quantitative estimate of drug-likeness (QED) is 0.438. The monoisotopic (exact) mass is 310 g/mol. The van der Waals surface area contributed by atoms with Gasteiger partial charge in [0.05, 0.1) is 0 Å². The first-order valence-corrected chi connectivity index (χ1v) is 8.22. The van der Waals surface area contributed by atoms with Crippen LogP contribution in [-0.4, -0.2) is 29.0 Å². The van der Waals surface area contributed by atoms with E-state index in [1.807, 2.05) is 0 Å². The van der Waals surface area contributed by atoms with Crippen LogP contribution >= 0.6 is 0 Å². The minimum absolute atomic E-state index is 0.578. The molecule has 2 aromatic heterocycles. The third kappa shape index (κ3) is 0.809. The number of hydrogen-bond acceptors (Lipinski definition) is 0. The molecule has 0 aliphatic rings. The van der Waals surface area contributed by atoms with E-state index in [2.05, 4.69) is 34.1 Å². The number of benzene rings is 2. The van der Waals surface area contributed by atoms with E-state index in [9.17, 15) is 0 Å². The van der Waals surface area contributed by atoms with Gasteiger partial charge in [-0.15, -0.1) is 0 Å². The van der Waals surface area contributed by atoms with Crippen LogP contribution in [-0.2, 0) is 0 Å². The van der Waals surface area contributed by atoms with Crippen molar-refractivity contribution in [1.29, 1.82) is 0 Å². The summed E-state index contributed by atoms with van der Waals surface area (Å²) in [6.45, 7) is 0. The van der Waals surface area contributed by atoms with Gasteiger partial charge < -0.3 is 0 Å². The zero-order valence-corrected chi connectivity index (χ0v) is 10.7. The molecule has 0 nitrogen and oxygen atoms in total. The van der Waals surface area contributed by atoms with Gasteiger partial charge in [0.25, 0.3) is 0 Å². The molecule has 14 heavy (non-hydrogen) atoms. The van der Waals surface area contributed by atoms with Crippen LogP contribution < -0.4 is 0 Å². The third-order valence-electron chi connectivity index (χ3n) is 2.77. The van der Waals surface area contributed by atoms with Crippen LogP contribution in [0.4, 0.5) is 0 Å². The molecule has 0 bridgehead atoms. The van der Waals surface area contributed by atoms with Gasteiger partial charge in [0, 0.05) is 0 Å². The van der Waals surface area contributed by atoms with Crippen LogP contribution in [0.25, 0.3) is 30.1 Å². The Morgan fingerprint density at radius 1 is 0.643 bits per heavy atom. The van der Waals surface area contributed by atoms with Gasteiger partial charge >= 0.3 is 93.2 Å². The Hall–Kier alpha value is -0.521. The molecule has 4 rings (SSSR count). The van der Waals surface area contributed by atoms with Gasteiger partial charge in [-0.25, -0.2) is 0 Å². The van der Waals surface area contributed by atoms with Crippen LogP contribution in [0.1, 0.15) is 0 Å². The molecule has 0 radical (unpaired) electrons. The van der Waals surface area contributed by atoms with Crippen molar-refractivity contribution in [3.05, 3.63) is 34.1 Å². The van der Waals surface area contributed by atoms with Crippen molar-refractivity contribution in [1.82, 2.24) is 0 Å². The summed E-state index contributed by atoms with van der Waals surface area (Å²) in [5.41, 5.74) is 0. The van der Waals surface area contributed by atoms with Gasteiger partial charge in [-0.1, -0.05) is 0 Å². The molecule has 0 aliphatic heterocycles. The van der Waals surface area contributed by atoms with Crippen molar-refractivity contribution in [2.75, 3.05) is 0 Å². The predicted octanol–water partition coefficient (Wildman–Crippen LogP) is 2.70. The van der Waals surface area contributed by atoms with Gasteiger partial charge in [0.2, 0.25) is 0 Å². The second kappa shape index (κ2) is 2.53. The van der Waals surface area contributed by atoms with E-state index in [1.54, 1.807) is 19.3 Å². The standard InChI is InChI=1S/C12H6Se2/c1-3-9-12-8(6-14-9)2-4-10-11(12)7(1)5-13-10/h1-6H. The van der Waals surface area contributed by atoms with Crippen LogP contribution in [0.5, 0.6) is 0 Å². The third-order valence-corrected chi connectivity index (χ3v) is 6.83. The molecule has 0 fully saturated rings. The predicted molar refractivity (Wildman–Crippen MR) is 64.0 cm³/mol. The molecule has 2 heteroatoms. The molecule has 0 amide bonds. The molecular weight excluding hydrogens is 302 g/mol. The van der Waals surface area contributed by atoms with Gasteiger partial charge in [0.15, 0.2) is 0 Å². The minimum atomic E-state index is 0.578. The molecule has 0 unspecified atom stereocenters. The molecule has 0 spiro atoms. The average molecular weight is 308 g/mol. The van der Waals surface area contributed by atoms with Gasteiger partial charge in [-0.3, -0.25) is 0 Å². The Kier molecular flexibility index (Phi) is 1.40. The Bertz CT molecular complexity index is 607. The molecule has 4 aromatic rings. The summed E-state index contributed by atoms with van der Waals surface area (Å²) in [5.74, 6) is 0. The zero-order chi connectivity index (χ0) is 9.12. The van der Waals surface area contributed by atoms with E-state index in [4.69, 9.17) is 0 Å². The maximum absolute atomic E-state index is 2.41. The first-order chi connectivity index (χ1) is 6.93. The summed E-state index contributed by atoms with van der Waals surface area (Å²) >= 11 is 1.16. The van der Waals surface area contributed by atoms with E-state index in [0.29, 0.717) is 29.0 Å². The number of rotatable bonds is 0. The Labute approximate surface area is 93.0 Å². The summed E-state index contributed by atoms with van der Waals surface area (Å²) in [6.07, 6.45) is 0. The van der Waals surface area contributed by atoms with E-state index < -0.39 is 0 Å². The van der Waals surface area contributed by atoms with Crippen molar-refractivity contribution in [3.8, 4) is 0 Å². The SMILES string of the molecule is c1cc2[se]cc3ccc4[se]cc1c4c32. The summed E-state index contributed by atoms with van der Waals surface area (Å²) in [4.78, 5) is 4.83. The average Bonchev–Trinajstić information content (AvgIpc) is 2.77. The van der Waals surface area contributed by atoms with Crippen molar-refractivity contribution in [2.45, 2.75) is 0 Å². The van der Waals surface area contributed by atoms with Crippen LogP contribution in [0, 0.1) is 0 Å². The van der Waals surface area contributed by atoms with Crippen LogP contribution in [0.15, 0.2) is 34.1 Å². The summed E-state index contributed by atoms with van der Waals surface area (Å²) in [6, 6.07) is 9.26. The molecule has 0 atom stereocenters. The normalized spacial score (nSPS) is 12.3. The Balaban J connectivity index is 2.59. The van der Waals surface area contributed by atoms with Crippen LogP contribution in [0.2, 0.25) is 0 Å². The molecule has 0 saturated carbocycles. The molecule has 0 aliphatic carbocycles. The topological polar surface area (TPSA) is 0 Å². The summed E-state index contributed by atoms with van der Waals surface area (Å²) in [5, 5.41) is 6.09. The zero-order valence-electron chi connectivity index (χ0n) is 7.28. The molecule has 2 aromatic carbocycles. The molecule has 0 saturated heterocycles. The fourth-order valence-electron chi connectivity index (χ4n) is 2.13. The van der Waals surface area contributed by atoms with Crippen LogP contribution in [0.3, 0.4) is 0 Å². The van der Waals surface area contributed by atoms with Gasteiger partial charge in [-0.2, -0.15) is 0 Å². The van der Waals surface area contributed by atoms with Crippen molar-refractivity contribution < 1.29 is 0 Å². The fourth-order valence-corrected chi connectivity index (χ4v) is 6.05. The number of hydrogen-bond donors (Lipinski definition) is 0. The van der Waals surface area contributed by atoms with Crippen molar-refractivity contribution >= 4 is 59.1 Å². The van der Waals surface area contributed by atoms with E-state index in [0.717, 1.165) is 0 Å². The second-order valence-corrected chi connectivity index (χ2v) is 7.35. The Morgan fingerprint density at radius 3 is 1.64 bits per heavy atom. The fraction of sp³-hybridized carbons (Fsp3) is 0. The molecule has 0 N–H and O–H groups in total. The molecular formula is C12H6Se2. The van der Waals surface area contributed by atoms with Crippen molar-refractivity contribution in [2.24, 2.45) is 0 Å². The first kappa shape index (κ1) is 7.73. The molecule has 66 valence electrons. The summed E-state index contributed by atoms with van der Waals surface area (Å²) in [7, 11) is 0. The first-order valence-electron chi connectivity index (χ1n) is 4.53. The van der Waals surface area contributed by atoms with E-state index in [1.165, 1.54) is 10.8 Å². The van der Waals surface area contributed by atoms with Crippen molar-refractivity contribution in [3.63, 3.8) is 0 Å². The van der Waals surface area contributed by atoms with Gasteiger partial charge in [0.1, 0.15) is 0 Å². The maximum atomic E-state index is 2.41. The van der Waals surface area contributed by atoms with E-state index in [-0.39, 0.29) is 0 Å². The van der Waals surface area contributed by atoms with Gasteiger partial charge in [-0.05, 0) is 0 Å². The summed E-state index contributed by atoms with van der Waals surface area (Å²) < 4.78 is 3.17. The van der Waals surface area contributed by atoms with E-state index >= 15 is 0 Å². The Morgan fingerprint density at radius 2 is 1.14 bits per heavy atom. The second-order valence-electron chi connectivity index (χ2n) is 3.53.